The fourth-order valence-corrected chi connectivity index (χ4v) is 5.02. The highest BCUT2D eigenvalue weighted by atomic mass is 32.2. The van der Waals surface area contributed by atoms with Crippen molar-refractivity contribution in [3.63, 3.8) is 0 Å². The summed E-state index contributed by atoms with van der Waals surface area (Å²) in [4.78, 5) is 24.8. The molecule has 1 saturated heterocycles. The third-order valence-corrected chi connectivity index (χ3v) is 6.30. The Bertz CT molecular complexity index is 942. The van der Waals surface area contributed by atoms with Gasteiger partial charge in [-0.1, -0.05) is 19.1 Å². The van der Waals surface area contributed by atoms with Crippen molar-refractivity contribution >= 4 is 26.8 Å². The van der Waals surface area contributed by atoms with Crippen LogP contribution in [0.3, 0.4) is 0 Å². The molecule has 2 aromatic rings. The maximum absolute atomic E-state index is 12.6. The van der Waals surface area contributed by atoms with Crippen LogP contribution in [0.5, 0.6) is 0 Å². The fourth-order valence-electron chi connectivity index (χ4n) is 3.35. The number of rotatable bonds is 6. The smallest absolute Gasteiger partial charge is 0.329 e. The quantitative estimate of drug-likeness (QED) is 0.824. The van der Waals surface area contributed by atoms with Crippen molar-refractivity contribution in [1.82, 2.24) is 14.5 Å². The van der Waals surface area contributed by atoms with Gasteiger partial charge in [0.1, 0.15) is 0 Å². The monoisotopic (exact) mass is 365 g/mol. The van der Waals surface area contributed by atoms with Gasteiger partial charge in [0, 0.05) is 25.6 Å². The molecule has 1 aliphatic rings. The summed E-state index contributed by atoms with van der Waals surface area (Å²) in [5.41, 5.74) is 1.58. The maximum Gasteiger partial charge on any atom is 0.329 e. The first-order valence-electron chi connectivity index (χ1n) is 8.59. The second-order valence-corrected chi connectivity index (χ2v) is 8.72. The molecule has 1 aromatic carbocycles. The number of carbonyl (C=O) groups is 1. The number of fused-ring (bicyclic) bond motifs is 1. The van der Waals surface area contributed by atoms with Gasteiger partial charge in [-0.05, 0) is 25.0 Å². The number of aryl methyl sites for hydroxylation is 2. The van der Waals surface area contributed by atoms with Crippen LogP contribution in [0.1, 0.15) is 26.2 Å². The van der Waals surface area contributed by atoms with E-state index in [1.165, 1.54) is 0 Å². The number of carbonyl (C=O) groups excluding carboxylic acids is 1. The molecule has 0 bridgehead atoms. The van der Waals surface area contributed by atoms with Crippen LogP contribution in [0.25, 0.3) is 11.0 Å². The third-order valence-electron chi connectivity index (χ3n) is 4.53. The minimum atomic E-state index is -3.02. The Morgan fingerprint density at radius 3 is 2.40 bits per heavy atom. The summed E-state index contributed by atoms with van der Waals surface area (Å²) in [7, 11) is -3.02. The lowest BCUT2D eigenvalue weighted by Gasteiger charge is -2.11. The van der Waals surface area contributed by atoms with Crippen LogP contribution in [0.15, 0.2) is 29.1 Å². The second-order valence-electron chi connectivity index (χ2n) is 6.49. The van der Waals surface area contributed by atoms with Crippen molar-refractivity contribution in [2.75, 3.05) is 11.5 Å². The molecule has 136 valence electrons. The minimum Gasteiger partial charge on any atom is -0.352 e. The van der Waals surface area contributed by atoms with E-state index >= 15 is 0 Å². The molecule has 7 nitrogen and oxygen atoms in total. The zero-order chi connectivity index (χ0) is 18.0. The highest BCUT2D eigenvalue weighted by Crippen LogP contribution is 2.14. The molecule has 1 atom stereocenters. The lowest BCUT2D eigenvalue weighted by molar-refractivity contribution is -0.121. The summed E-state index contributed by atoms with van der Waals surface area (Å²) >= 11 is 0. The normalized spacial score (nSPS) is 19.3. The standard InChI is InChI=1S/C17H23N3O4S/c1-2-9-19-14-5-3-4-6-15(14)20(17(19)22)10-7-16(21)18-13-8-11-25(23,24)12-13/h3-6,13H,2,7-12H2,1H3,(H,18,21)/t13-/m1/s1. The highest BCUT2D eigenvalue weighted by Gasteiger charge is 2.28. The summed E-state index contributed by atoms with van der Waals surface area (Å²) in [6.07, 6.45) is 1.46. The molecule has 2 heterocycles. The Hall–Kier alpha value is -2.09. The van der Waals surface area contributed by atoms with Gasteiger partial charge >= 0.3 is 5.69 Å². The van der Waals surface area contributed by atoms with Crippen molar-refractivity contribution in [3.05, 3.63) is 34.7 Å². The molecular weight excluding hydrogens is 342 g/mol. The highest BCUT2D eigenvalue weighted by molar-refractivity contribution is 7.91. The molecule has 0 saturated carbocycles. The first-order chi connectivity index (χ1) is 11.9. The van der Waals surface area contributed by atoms with Gasteiger partial charge in [0.05, 0.1) is 22.5 Å². The number of hydrogen-bond acceptors (Lipinski definition) is 4. The van der Waals surface area contributed by atoms with Gasteiger partial charge < -0.3 is 5.32 Å². The second kappa shape index (κ2) is 7.03. The molecule has 3 rings (SSSR count). The van der Waals surface area contributed by atoms with Crippen molar-refractivity contribution in [2.45, 2.75) is 45.3 Å². The van der Waals surface area contributed by atoms with E-state index in [2.05, 4.69) is 5.32 Å². The predicted octanol–water partition coefficient (Wildman–Crippen LogP) is 0.906. The molecule has 25 heavy (non-hydrogen) atoms. The van der Waals surface area contributed by atoms with Gasteiger partial charge in [0.25, 0.3) is 0 Å². The summed E-state index contributed by atoms with van der Waals surface area (Å²) < 4.78 is 26.3. The summed E-state index contributed by atoms with van der Waals surface area (Å²) in [6.45, 7) is 2.93. The number of aromatic nitrogens is 2. The molecule has 1 fully saturated rings. The van der Waals surface area contributed by atoms with Crippen LogP contribution in [-0.4, -0.2) is 41.0 Å². The zero-order valence-corrected chi connectivity index (χ0v) is 15.1. The van der Waals surface area contributed by atoms with Crippen LogP contribution in [0.4, 0.5) is 0 Å². The van der Waals surface area contributed by atoms with Gasteiger partial charge in [-0.15, -0.1) is 0 Å². The molecule has 0 radical (unpaired) electrons. The number of sulfone groups is 1. The van der Waals surface area contributed by atoms with Crippen molar-refractivity contribution in [2.24, 2.45) is 0 Å². The van der Waals surface area contributed by atoms with E-state index in [4.69, 9.17) is 0 Å². The van der Waals surface area contributed by atoms with Crippen LogP contribution < -0.4 is 11.0 Å². The number of imidazole rings is 1. The fraction of sp³-hybridized carbons (Fsp3) is 0.529. The predicted molar refractivity (Wildman–Crippen MR) is 96.3 cm³/mol. The Balaban J connectivity index is 1.72. The SMILES string of the molecule is CCCn1c(=O)n(CCC(=O)N[C@@H]2CCS(=O)(=O)C2)c2ccccc21. The Labute approximate surface area is 146 Å². The lowest BCUT2D eigenvalue weighted by atomic mass is 10.2. The molecule has 1 N–H and O–H groups in total. The van der Waals surface area contributed by atoms with Gasteiger partial charge in [-0.3, -0.25) is 13.9 Å². The van der Waals surface area contributed by atoms with E-state index in [0.717, 1.165) is 17.5 Å². The molecule has 1 amide bonds. The van der Waals surface area contributed by atoms with Gasteiger partial charge in [-0.2, -0.15) is 0 Å². The lowest BCUT2D eigenvalue weighted by Crippen LogP contribution is -2.36. The molecule has 8 heteroatoms. The number of nitrogens with zero attached hydrogens (tertiary/aromatic N) is 2. The van der Waals surface area contributed by atoms with Crippen molar-refractivity contribution < 1.29 is 13.2 Å². The average molecular weight is 365 g/mol. The van der Waals surface area contributed by atoms with Crippen molar-refractivity contribution in [3.8, 4) is 0 Å². The molecule has 1 aliphatic heterocycles. The van der Waals surface area contributed by atoms with Crippen LogP contribution >= 0.6 is 0 Å². The number of para-hydroxylation sites is 2. The van der Waals surface area contributed by atoms with Crippen LogP contribution in [0.2, 0.25) is 0 Å². The molecule has 1 aromatic heterocycles. The van der Waals surface area contributed by atoms with E-state index in [-0.39, 0.29) is 42.1 Å². The van der Waals surface area contributed by atoms with E-state index in [1.54, 1.807) is 9.13 Å². The maximum atomic E-state index is 12.6. The van der Waals surface area contributed by atoms with Crippen molar-refractivity contribution in [1.29, 1.82) is 0 Å². The molecule has 0 aliphatic carbocycles. The largest absolute Gasteiger partial charge is 0.352 e. The van der Waals surface area contributed by atoms with Gasteiger partial charge in [-0.25, -0.2) is 13.2 Å². The average Bonchev–Trinajstić information content (AvgIpc) is 3.04. The van der Waals surface area contributed by atoms with E-state index in [1.807, 2.05) is 31.2 Å². The summed E-state index contributed by atoms with van der Waals surface area (Å²) in [5, 5.41) is 2.76. The number of hydrogen-bond donors (Lipinski definition) is 1. The molecule has 0 unspecified atom stereocenters. The number of amides is 1. The first-order valence-corrected chi connectivity index (χ1v) is 10.4. The number of benzene rings is 1. The van der Waals surface area contributed by atoms with Gasteiger partial charge in [0.2, 0.25) is 5.91 Å². The summed E-state index contributed by atoms with van der Waals surface area (Å²) in [5.74, 6) is -0.0857. The Morgan fingerprint density at radius 1 is 1.20 bits per heavy atom. The summed E-state index contributed by atoms with van der Waals surface area (Å²) in [6, 6.07) is 7.25. The Kier molecular flexibility index (Phi) is 4.99. The van der Waals surface area contributed by atoms with Gasteiger partial charge in [0.15, 0.2) is 9.84 Å². The Morgan fingerprint density at radius 2 is 1.84 bits per heavy atom. The third kappa shape index (κ3) is 3.78. The first kappa shape index (κ1) is 17.7. The van der Waals surface area contributed by atoms with Crippen LogP contribution in [0, 0.1) is 0 Å². The van der Waals surface area contributed by atoms with E-state index in [0.29, 0.717) is 13.0 Å². The molecule has 0 spiro atoms. The zero-order valence-electron chi connectivity index (χ0n) is 14.3. The number of nitrogens with one attached hydrogen (secondary N) is 1. The van der Waals surface area contributed by atoms with E-state index in [9.17, 15) is 18.0 Å². The molecular formula is C17H23N3O4S. The minimum absolute atomic E-state index is 0.00843. The van der Waals surface area contributed by atoms with E-state index < -0.39 is 9.84 Å². The van der Waals surface area contributed by atoms with Crippen LogP contribution in [-0.2, 0) is 27.7 Å². The topological polar surface area (TPSA) is 90.2 Å².